The summed E-state index contributed by atoms with van der Waals surface area (Å²) in [5, 5.41) is 3.45. The zero-order valence-corrected chi connectivity index (χ0v) is 23.3. The molecular formula is C29H33ClN4O4S. The smallest absolute Gasteiger partial charge is 0.266 e. The first-order chi connectivity index (χ1) is 18.8. The standard InChI is InChI=1S/C29H33ClN4O4S/c30-24-9-8-21-18-26(24)39(37,38)34(23-6-2-1-3-7-23)15-5-4-12-29(13-14-31-20-29)28(36)33-17-10-22-19-32(27(21)35)16-11-25(22)33/h1-9,18,22,25,31H,10-17,19-20H2/b5-4-/t22-,25+,29?/m1/s1. The molecule has 1 unspecified atom stereocenters. The fraction of sp³-hybridized carbons (Fsp3) is 0.448. The van der Waals surface area contributed by atoms with Gasteiger partial charge in [0.25, 0.3) is 15.9 Å². The van der Waals surface area contributed by atoms with Crippen molar-refractivity contribution in [3.05, 3.63) is 71.3 Å². The van der Waals surface area contributed by atoms with Gasteiger partial charge in [-0.25, -0.2) is 8.42 Å². The Hall–Kier alpha value is -2.88. The molecule has 2 aromatic rings. The molecule has 10 heteroatoms. The van der Waals surface area contributed by atoms with E-state index in [1.807, 2.05) is 18.2 Å². The molecule has 7 rings (SSSR count). The van der Waals surface area contributed by atoms with Gasteiger partial charge in [-0.15, -0.1) is 0 Å². The average molecular weight is 569 g/mol. The lowest BCUT2D eigenvalue weighted by molar-refractivity contribution is -0.142. The maximum Gasteiger partial charge on any atom is 0.266 e. The molecule has 2 amide bonds. The number of carbonyl (C=O) groups is 2. The third-order valence-corrected chi connectivity index (χ3v) is 11.1. The molecular weight excluding hydrogens is 536 g/mol. The summed E-state index contributed by atoms with van der Waals surface area (Å²) in [6, 6.07) is 13.5. The molecule has 39 heavy (non-hydrogen) atoms. The molecule has 5 heterocycles. The number of nitrogens with one attached hydrogen (secondary N) is 1. The fourth-order valence-electron chi connectivity index (χ4n) is 6.66. The lowest BCUT2D eigenvalue weighted by atomic mass is 9.81. The molecule has 0 aromatic heterocycles. The minimum absolute atomic E-state index is 0.0685. The van der Waals surface area contributed by atoms with Crippen molar-refractivity contribution in [3.8, 4) is 0 Å². The van der Waals surface area contributed by atoms with E-state index in [9.17, 15) is 18.0 Å². The number of fused-ring (bicyclic) bond motifs is 5. The van der Waals surface area contributed by atoms with Gasteiger partial charge >= 0.3 is 0 Å². The Morgan fingerprint density at radius 3 is 2.59 bits per heavy atom. The number of allylic oxidation sites excluding steroid dienone is 1. The van der Waals surface area contributed by atoms with Crippen molar-refractivity contribution in [1.29, 1.82) is 0 Å². The zero-order valence-electron chi connectivity index (χ0n) is 21.8. The van der Waals surface area contributed by atoms with Gasteiger partial charge in [-0.1, -0.05) is 42.0 Å². The Morgan fingerprint density at radius 2 is 1.82 bits per heavy atom. The second kappa shape index (κ2) is 10.3. The maximum atomic E-state index is 14.0. The van der Waals surface area contributed by atoms with Crippen LogP contribution in [-0.2, 0) is 14.8 Å². The van der Waals surface area contributed by atoms with Crippen LogP contribution in [0.15, 0.2) is 65.6 Å². The van der Waals surface area contributed by atoms with Crippen molar-refractivity contribution in [3.63, 3.8) is 0 Å². The van der Waals surface area contributed by atoms with E-state index in [0.29, 0.717) is 43.9 Å². The molecule has 3 fully saturated rings. The summed E-state index contributed by atoms with van der Waals surface area (Å²) in [5.41, 5.74) is 0.247. The average Bonchev–Trinajstić information content (AvgIpc) is 3.60. The normalized spacial score (nSPS) is 29.7. The Bertz CT molecular complexity index is 1410. The molecule has 5 aliphatic rings. The van der Waals surface area contributed by atoms with Crippen LogP contribution < -0.4 is 9.62 Å². The number of hydrogen-bond acceptors (Lipinski definition) is 5. The second-order valence-electron chi connectivity index (χ2n) is 11.1. The Labute approximate surface area is 234 Å². The lowest BCUT2D eigenvalue weighted by Crippen LogP contribution is -2.53. The maximum absolute atomic E-state index is 14.0. The first-order valence-electron chi connectivity index (χ1n) is 13.6. The minimum Gasteiger partial charge on any atom is -0.339 e. The van der Waals surface area contributed by atoms with Gasteiger partial charge in [-0.2, -0.15) is 0 Å². The van der Waals surface area contributed by atoms with Gasteiger partial charge in [-0.3, -0.25) is 13.9 Å². The van der Waals surface area contributed by atoms with Gasteiger partial charge in [0, 0.05) is 37.8 Å². The highest BCUT2D eigenvalue weighted by atomic mass is 35.5. The molecule has 206 valence electrons. The van der Waals surface area contributed by atoms with Gasteiger partial charge in [0.2, 0.25) is 5.91 Å². The van der Waals surface area contributed by atoms with Crippen LogP contribution in [0.4, 0.5) is 5.69 Å². The highest BCUT2D eigenvalue weighted by Crippen LogP contribution is 2.40. The highest BCUT2D eigenvalue weighted by Gasteiger charge is 2.49. The number of sulfonamides is 1. The van der Waals surface area contributed by atoms with Crippen LogP contribution in [0.25, 0.3) is 0 Å². The van der Waals surface area contributed by atoms with Crippen LogP contribution in [0.5, 0.6) is 0 Å². The number of benzene rings is 2. The molecule has 0 saturated carbocycles. The predicted molar refractivity (Wildman–Crippen MR) is 150 cm³/mol. The van der Waals surface area contributed by atoms with E-state index in [-0.39, 0.29) is 40.2 Å². The summed E-state index contributed by atoms with van der Waals surface area (Å²) >= 11 is 6.46. The van der Waals surface area contributed by atoms with E-state index in [1.165, 1.54) is 16.4 Å². The topological polar surface area (TPSA) is 90.0 Å². The van der Waals surface area contributed by atoms with Crippen LogP contribution in [0.2, 0.25) is 5.02 Å². The van der Waals surface area contributed by atoms with E-state index >= 15 is 0 Å². The minimum atomic E-state index is -4.11. The number of para-hydroxylation sites is 1. The molecule has 3 saturated heterocycles. The SMILES string of the molecule is O=C1c2ccc(Cl)c(c2)S(=O)(=O)N(c2ccccc2)C/C=C\CC2(CCNC2)C(=O)N2CC[C@@H]3CN1CC[C@@H]32. The van der Waals surface area contributed by atoms with Crippen molar-refractivity contribution in [2.75, 3.05) is 43.6 Å². The van der Waals surface area contributed by atoms with E-state index in [0.717, 1.165) is 25.8 Å². The van der Waals surface area contributed by atoms with Crippen molar-refractivity contribution in [2.45, 2.75) is 36.6 Å². The molecule has 0 radical (unpaired) electrons. The van der Waals surface area contributed by atoms with E-state index in [1.54, 1.807) is 35.2 Å². The van der Waals surface area contributed by atoms with Crippen LogP contribution in [0.3, 0.4) is 0 Å². The number of amides is 2. The zero-order chi connectivity index (χ0) is 27.2. The van der Waals surface area contributed by atoms with Gasteiger partial charge < -0.3 is 15.1 Å². The van der Waals surface area contributed by atoms with E-state index in [2.05, 4.69) is 10.2 Å². The van der Waals surface area contributed by atoms with Gasteiger partial charge in [-0.05, 0) is 68.5 Å². The van der Waals surface area contributed by atoms with Gasteiger partial charge in [0.1, 0.15) is 4.90 Å². The Balaban J connectivity index is 1.45. The van der Waals surface area contributed by atoms with Crippen molar-refractivity contribution in [1.82, 2.24) is 15.1 Å². The van der Waals surface area contributed by atoms with Crippen LogP contribution in [-0.4, -0.2) is 75.3 Å². The number of anilines is 1. The molecule has 1 N–H and O–H groups in total. The molecule has 0 aliphatic carbocycles. The number of rotatable bonds is 1. The van der Waals surface area contributed by atoms with Gasteiger partial charge in [0.15, 0.2) is 0 Å². The molecule has 3 atom stereocenters. The summed E-state index contributed by atoms with van der Waals surface area (Å²) in [6.07, 6.45) is 6.65. The third kappa shape index (κ3) is 4.64. The van der Waals surface area contributed by atoms with Crippen LogP contribution >= 0.6 is 11.6 Å². The number of halogens is 1. The third-order valence-electron chi connectivity index (χ3n) is 8.82. The van der Waals surface area contributed by atoms with E-state index in [4.69, 9.17) is 11.6 Å². The number of hydrogen-bond donors (Lipinski definition) is 1. The largest absolute Gasteiger partial charge is 0.339 e. The van der Waals surface area contributed by atoms with Crippen molar-refractivity contribution >= 4 is 39.1 Å². The first kappa shape index (κ1) is 26.3. The van der Waals surface area contributed by atoms with Crippen molar-refractivity contribution in [2.24, 2.45) is 11.3 Å². The summed E-state index contributed by atoms with van der Waals surface area (Å²) in [6.45, 7) is 3.25. The predicted octanol–water partition coefficient (Wildman–Crippen LogP) is 3.54. The summed E-state index contributed by atoms with van der Waals surface area (Å²) in [4.78, 5) is 31.4. The molecule has 8 nitrogen and oxygen atoms in total. The Kier molecular flexibility index (Phi) is 6.93. The summed E-state index contributed by atoms with van der Waals surface area (Å²) in [7, 11) is -4.11. The lowest BCUT2D eigenvalue weighted by Gasteiger charge is -2.40. The molecule has 1 spiro atoms. The van der Waals surface area contributed by atoms with Crippen LogP contribution in [0, 0.1) is 11.3 Å². The second-order valence-corrected chi connectivity index (χ2v) is 13.3. The fourth-order valence-corrected chi connectivity index (χ4v) is 8.58. The summed E-state index contributed by atoms with van der Waals surface area (Å²) in [5.74, 6) is 0.186. The molecule has 2 aromatic carbocycles. The van der Waals surface area contributed by atoms with E-state index < -0.39 is 15.4 Å². The molecule has 6 bridgehead atoms. The quantitative estimate of drug-likeness (QED) is 0.532. The highest BCUT2D eigenvalue weighted by molar-refractivity contribution is 7.93. The molecule has 5 aliphatic heterocycles. The van der Waals surface area contributed by atoms with Gasteiger partial charge in [0.05, 0.1) is 22.7 Å². The number of carbonyl (C=O) groups excluding carboxylic acids is 2. The monoisotopic (exact) mass is 568 g/mol. The summed E-state index contributed by atoms with van der Waals surface area (Å²) < 4.78 is 29.4. The van der Waals surface area contributed by atoms with Crippen LogP contribution in [0.1, 0.15) is 36.0 Å². The first-order valence-corrected chi connectivity index (χ1v) is 15.5. The number of piperidine rings is 1. The number of nitrogens with zero attached hydrogens (tertiary/aromatic N) is 3. The van der Waals surface area contributed by atoms with Crippen molar-refractivity contribution < 1.29 is 18.0 Å². The Morgan fingerprint density at radius 1 is 1.00 bits per heavy atom.